The maximum Gasteiger partial charge on any atom is 0.410 e. The van der Waals surface area contributed by atoms with Gasteiger partial charge in [0.25, 0.3) is 5.91 Å². The quantitative estimate of drug-likeness (QED) is 0.451. The second-order valence-corrected chi connectivity index (χ2v) is 10.5. The van der Waals surface area contributed by atoms with Crippen LogP contribution in [0.5, 0.6) is 5.75 Å². The number of rotatable bonds is 7. The minimum absolute atomic E-state index is 0.199. The molecule has 1 aromatic rings. The van der Waals surface area contributed by atoms with Crippen LogP contribution in [-0.2, 0) is 20.9 Å². The van der Waals surface area contributed by atoms with Crippen LogP contribution in [-0.4, -0.2) is 89.5 Å². The zero-order chi connectivity index (χ0) is 25.9. The lowest BCUT2D eigenvalue weighted by Gasteiger charge is -2.35. The summed E-state index contributed by atoms with van der Waals surface area (Å²) < 4.78 is 11.5. The summed E-state index contributed by atoms with van der Waals surface area (Å²) in [6.07, 6.45) is 2.15. The maximum atomic E-state index is 12.9. The smallest absolute Gasteiger partial charge is 0.410 e. The number of imide groups is 1. The number of benzene rings is 1. The molecule has 1 N–H and O–H groups in total. The number of hydrogen-bond donors (Lipinski definition) is 1. The molecule has 10 nitrogen and oxygen atoms in total. The molecule has 0 radical (unpaired) electrons. The molecule has 3 aliphatic rings. The molecule has 0 bridgehead atoms. The number of nitrogens with one attached hydrogen (secondary N) is 1. The molecule has 4 amide bonds. The predicted molar refractivity (Wildman–Crippen MR) is 131 cm³/mol. The van der Waals surface area contributed by atoms with E-state index in [2.05, 4.69) is 10.2 Å². The van der Waals surface area contributed by atoms with Crippen LogP contribution < -0.4 is 10.1 Å². The summed E-state index contributed by atoms with van der Waals surface area (Å²) in [4.78, 5) is 54.5. The molecule has 0 aliphatic carbocycles. The predicted octanol–water partition coefficient (Wildman–Crippen LogP) is 2.16. The van der Waals surface area contributed by atoms with Crippen molar-refractivity contribution < 1.29 is 28.7 Å². The minimum Gasteiger partial charge on any atom is -0.493 e. The number of carbonyl (C=O) groups is 4. The Bertz CT molecular complexity index is 1010. The maximum absolute atomic E-state index is 12.9. The van der Waals surface area contributed by atoms with Crippen molar-refractivity contribution in [2.75, 3.05) is 39.3 Å². The van der Waals surface area contributed by atoms with Crippen LogP contribution >= 0.6 is 0 Å². The van der Waals surface area contributed by atoms with Gasteiger partial charge in [0, 0.05) is 43.7 Å². The highest BCUT2D eigenvalue weighted by atomic mass is 16.6. The van der Waals surface area contributed by atoms with E-state index in [0.29, 0.717) is 44.0 Å². The summed E-state index contributed by atoms with van der Waals surface area (Å²) in [7, 11) is 0. The molecule has 2 fully saturated rings. The molecule has 1 unspecified atom stereocenters. The van der Waals surface area contributed by atoms with Gasteiger partial charge in [0.2, 0.25) is 11.8 Å². The Balaban J connectivity index is 1.20. The Morgan fingerprint density at radius 2 is 1.83 bits per heavy atom. The van der Waals surface area contributed by atoms with Crippen molar-refractivity contribution in [3.8, 4) is 5.75 Å². The lowest BCUT2D eigenvalue weighted by molar-refractivity contribution is -0.136. The van der Waals surface area contributed by atoms with E-state index in [0.717, 1.165) is 38.0 Å². The van der Waals surface area contributed by atoms with Crippen molar-refractivity contribution in [1.82, 2.24) is 20.0 Å². The molecule has 196 valence electrons. The molecule has 36 heavy (non-hydrogen) atoms. The number of piperazine rings is 1. The Morgan fingerprint density at radius 1 is 1.08 bits per heavy atom. The standard InChI is InChI=1S/C26H36N4O6/c1-26(2,3)36-25(34)29-14-12-28(13-15-29)11-4-5-16-35-21-8-6-7-18-19(21)17-30(24(18)33)20-9-10-22(31)27-23(20)32/h6-8,20H,4-5,9-17H2,1-3H3,(H,27,31,32). The van der Waals surface area contributed by atoms with Crippen molar-refractivity contribution in [3.63, 3.8) is 0 Å². The fourth-order valence-electron chi connectivity index (χ4n) is 4.79. The zero-order valence-electron chi connectivity index (χ0n) is 21.4. The third-order valence-corrected chi connectivity index (χ3v) is 6.69. The number of ether oxygens (including phenoxy) is 2. The van der Waals surface area contributed by atoms with Gasteiger partial charge in [0.05, 0.1) is 13.2 Å². The molecule has 2 saturated heterocycles. The Kier molecular flexibility index (Phi) is 7.82. The molecule has 0 aromatic heterocycles. The van der Waals surface area contributed by atoms with Gasteiger partial charge in [0.1, 0.15) is 17.4 Å². The van der Waals surface area contributed by atoms with Crippen molar-refractivity contribution in [2.45, 2.75) is 64.6 Å². The summed E-state index contributed by atoms with van der Waals surface area (Å²) in [5, 5.41) is 2.33. The second-order valence-electron chi connectivity index (χ2n) is 10.5. The van der Waals surface area contributed by atoms with Gasteiger partial charge in [0.15, 0.2) is 0 Å². The average Bonchev–Trinajstić information content (AvgIpc) is 3.15. The van der Waals surface area contributed by atoms with Crippen LogP contribution in [0.15, 0.2) is 18.2 Å². The first kappa shape index (κ1) is 25.9. The number of fused-ring (bicyclic) bond motifs is 1. The van der Waals surface area contributed by atoms with Gasteiger partial charge in [-0.2, -0.15) is 0 Å². The topological polar surface area (TPSA) is 108 Å². The fourth-order valence-corrected chi connectivity index (χ4v) is 4.79. The number of carbonyl (C=O) groups excluding carboxylic acids is 4. The molecule has 3 aliphatic heterocycles. The first-order valence-corrected chi connectivity index (χ1v) is 12.7. The van der Waals surface area contributed by atoms with Gasteiger partial charge in [-0.3, -0.25) is 24.6 Å². The van der Waals surface area contributed by atoms with E-state index in [9.17, 15) is 19.2 Å². The molecular formula is C26H36N4O6. The second kappa shape index (κ2) is 10.9. The van der Waals surface area contributed by atoms with Crippen LogP contribution in [0.25, 0.3) is 0 Å². The monoisotopic (exact) mass is 500 g/mol. The number of piperidine rings is 1. The van der Waals surface area contributed by atoms with E-state index in [1.54, 1.807) is 17.0 Å². The van der Waals surface area contributed by atoms with E-state index in [1.807, 2.05) is 26.8 Å². The Hall–Kier alpha value is -3.14. The highest BCUT2D eigenvalue weighted by molar-refractivity contribution is 6.05. The van der Waals surface area contributed by atoms with Crippen LogP contribution in [0.3, 0.4) is 0 Å². The summed E-state index contributed by atoms with van der Waals surface area (Å²) in [6.45, 7) is 10.4. The minimum atomic E-state index is -0.633. The molecule has 0 saturated carbocycles. The molecule has 1 atom stereocenters. The van der Waals surface area contributed by atoms with Gasteiger partial charge in [-0.05, 0) is 58.7 Å². The summed E-state index contributed by atoms with van der Waals surface area (Å²) in [6, 6.07) is 4.78. The summed E-state index contributed by atoms with van der Waals surface area (Å²) >= 11 is 0. The van der Waals surface area contributed by atoms with Crippen LogP contribution in [0.4, 0.5) is 4.79 Å². The number of unbranched alkanes of at least 4 members (excludes halogenated alkanes) is 1. The highest BCUT2D eigenvalue weighted by Gasteiger charge is 2.40. The molecule has 10 heteroatoms. The van der Waals surface area contributed by atoms with E-state index >= 15 is 0 Å². The average molecular weight is 501 g/mol. The number of nitrogens with zero attached hydrogens (tertiary/aromatic N) is 3. The molecule has 4 rings (SSSR count). The lowest BCUT2D eigenvalue weighted by atomic mass is 10.0. The third-order valence-electron chi connectivity index (χ3n) is 6.69. The first-order chi connectivity index (χ1) is 17.1. The van der Waals surface area contributed by atoms with E-state index in [-0.39, 0.29) is 24.3 Å². The van der Waals surface area contributed by atoms with Gasteiger partial charge in [-0.1, -0.05) is 6.07 Å². The normalized spacial score (nSPS) is 20.9. The first-order valence-electron chi connectivity index (χ1n) is 12.7. The third kappa shape index (κ3) is 6.16. The molecule has 0 spiro atoms. The largest absolute Gasteiger partial charge is 0.493 e. The van der Waals surface area contributed by atoms with E-state index < -0.39 is 17.6 Å². The van der Waals surface area contributed by atoms with Crippen LogP contribution in [0.2, 0.25) is 0 Å². The van der Waals surface area contributed by atoms with Crippen molar-refractivity contribution >= 4 is 23.8 Å². The molecular weight excluding hydrogens is 464 g/mol. The van der Waals surface area contributed by atoms with E-state index in [4.69, 9.17) is 9.47 Å². The van der Waals surface area contributed by atoms with Crippen LogP contribution in [0.1, 0.15) is 62.4 Å². The summed E-state index contributed by atoms with van der Waals surface area (Å²) in [5.74, 6) is -0.242. The Morgan fingerprint density at radius 3 is 2.53 bits per heavy atom. The molecule has 1 aromatic carbocycles. The number of hydrogen-bond acceptors (Lipinski definition) is 7. The van der Waals surface area contributed by atoms with Crippen molar-refractivity contribution in [2.24, 2.45) is 0 Å². The summed E-state index contributed by atoms with van der Waals surface area (Å²) in [5.41, 5.74) is 0.870. The van der Waals surface area contributed by atoms with Gasteiger partial charge in [-0.25, -0.2) is 4.79 Å². The van der Waals surface area contributed by atoms with Crippen LogP contribution in [0, 0.1) is 0 Å². The molecule has 3 heterocycles. The SMILES string of the molecule is CC(C)(C)OC(=O)N1CCN(CCCCOc2cccc3c2CN(C2CCC(=O)NC2=O)C3=O)CC1. The van der Waals surface area contributed by atoms with Crippen molar-refractivity contribution in [1.29, 1.82) is 0 Å². The van der Waals surface area contributed by atoms with E-state index in [1.165, 1.54) is 4.90 Å². The van der Waals surface area contributed by atoms with Gasteiger partial charge < -0.3 is 19.3 Å². The van der Waals surface area contributed by atoms with Gasteiger partial charge in [-0.15, -0.1) is 0 Å². The van der Waals surface area contributed by atoms with Crippen molar-refractivity contribution in [3.05, 3.63) is 29.3 Å². The highest BCUT2D eigenvalue weighted by Crippen LogP contribution is 2.33. The Labute approximate surface area is 211 Å². The number of amides is 4. The van der Waals surface area contributed by atoms with Gasteiger partial charge >= 0.3 is 6.09 Å². The zero-order valence-corrected chi connectivity index (χ0v) is 21.4. The fraction of sp³-hybridized carbons (Fsp3) is 0.615. The lowest BCUT2D eigenvalue weighted by Crippen LogP contribution is -2.52.